The van der Waals surface area contributed by atoms with Crippen LogP contribution in [0.4, 0.5) is 0 Å². The third kappa shape index (κ3) is 4.37. The first-order valence-corrected chi connectivity index (χ1v) is 10.1. The third-order valence-corrected chi connectivity index (χ3v) is 6.00. The monoisotopic (exact) mass is 368 g/mol. The molecule has 3 unspecified atom stereocenters. The van der Waals surface area contributed by atoms with E-state index in [0.29, 0.717) is 18.3 Å². The van der Waals surface area contributed by atoms with Crippen LogP contribution in [0.5, 0.6) is 5.75 Å². The Kier molecular flexibility index (Phi) is 6.25. The maximum Gasteiger partial charge on any atom is 0.224 e. The van der Waals surface area contributed by atoms with Crippen LogP contribution in [0.15, 0.2) is 30.4 Å². The molecule has 1 aliphatic carbocycles. The number of aromatic amines is 1. The predicted octanol–water partition coefficient (Wildman–Crippen LogP) is 4.91. The van der Waals surface area contributed by atoms with Crippen LogP contribution in [0.25, 0.3) is 10.9 Å². The van der Waals surface area contributed by atoms with Crippen molar-refractivity contribution in [1.29, 1.82) is 0 Å². The molecule has 0 spiro atoms. The number of ether oxygens (including phenoxy) is 1. The summed E-state index contributed by atoms with van der Waals surface area (Å²) in [6.07, 6.45) is 9.32. The summed E-state index contributed by atoms with van der Waals surface area (Å²) in [6, 6.07) is 6.25. The number of nitrogens with one attached hydrogen (secondary N) is 2. The Labute approximate surface area is 162 Å². The summed E-state index contributed by atoms with van der Waals surface area (Å²) in [5.41, 5.74) is 3.17. The topological polar surface area (TPSA) is 54.1 Å². The summed E-state index contributed by atoms with van der Waals surface area (Å²) in [4.78, 5) is 16.2. The molecule has 0 aliphatic heterocycles. The number of aromatic nitrogens is 1. The zero-order chi connectivity index (χ0) is 19.4. The SMILES string of the molecule is CC/C=C\CC1C(C)CCC1NC(=O)Cc1c(C)[nH]c2ccc(OC)cc12. The Morgan fingerprint density at radius 2 is 2.15 bits per heavy atom. The summed E-state index contributed by atoms with van der Waals surface area (Å²) in [5.74, 6) is 2.14. The molecule has 3 rings (SSSR count). The Morgan fingerprint density at radius 3 is 2.89 bits per heavy atom. The van der Waals surface area contributed by atoms with Gasteiger partial charge in [0.1, 0.15) is 5.75 Å². The van der Waals surface area contributed by atoms with E-state index >= 15 is 0 Å². The average molecular weight is 369 g/mol. The van der Waals surface area contributed by atoms with Crippen molar-refractivity contribution < 1.29 is 9.53 Å². The number of H-pyrrole nitrogens is 1. The van der Waals surface area contributed by atoms with Crippen LogP contribution in [-0.4, -0.2) is 24.0 Å². The van der Waals surface area contributed by atoms with E-state index < -0.39 is 0 Å². The number of fused-ring (bicyclic) bond motifs is 1. The van der Waals surface area contributed by atoms with E-state index in [1.807, 2.05) is 25.1 Å². The zero-order valence-corrected chi connectivity index (χ0v) is 17.0. The van der Waals surface area contributed by atoms with Crippen LogP contribution >= 0.6 is 0 Å². The lowest BCUT2D eigenvalue weighted by molar-refractivity contribution is -0.121. The van der Waals surface area contributed by atoms with Gasteiger partial charge in [-0.05, 0) is 68.2 Å². The Balaban J connectivity index is 1.71. The number of methoxy groups -OCH3 is 1. The molecular weight excluding hydrogens is 336 g/mol. The summed E-state index contributed by atoms with van der Waals surface area (Å²) >= 11 is 0. The lowest BCUT2D eigenvalue weighted by Crippen LogP contribution is -2.39. The summed E-state index contributed by atoms with van der Waals surface area (Å²) in [6.45, 7) is 6.50. The fraction of sp³-hybridized carbons (Fsp3) is 0.522. The number of carbonyl (C=O) groups excluding carboxylic acids is 1. The van der Waals surface area contributed by atoms with Gasteiger partial charge < -0.3 is 15.0 Å². The fourth-order valence-electron chi connectivity index (χ4n) is 4.40. The number of amides is 1. The van der Waals surface area contributed by atoms with Crippen LogP contribution in [0, 0.1) is 18.8 Å². The number of aryl methyl sites for hydroxylation is 1. The molecule has 146 valence electrons. The molecule has 0 bridgehead atoms. The van der Waals surface area contributed by atoms with Gasteiger partial charge in [-0.25, -0.2) is 0 Å². The van der Waals surface area contributed by atoms with Crippen LogP contribution in [0.1, 0.15) is 50.8 Å². The van der Waals surface area contributed by atoms with Gasteiger partial charge in [-0.2, -0.15) is 0 Å². The van der Waals surface area contributed by atoms with Gasteiger partial charge in [-0.1, -0.05) is 26.0 Å². The quantitative estimate of drug-likeness (QED) is 0.682. The molecule has 1 fully saturated rings. The van der Waals surface area contributed by atoms with Gasteiger partial charge in [0.05, 0.1) is 13.5 Å². The minimum Gasteiger partial charge on any atom is -0.497 e. The van der Waals surface area contributed by atoms with Crippen molar-refractivity contribution in [2.75, 3.05) is 7.11 Å². The minimum atomic E-state index is 0.116. The third-order valence-electron chi connectivity index (χ3n) is 6.00. The summed E-state index contributed by atoms with van der Waals surface area (Å²) in [7, 11) is 1.67. The number of hydrogen-bond acceptors (Lipinski definition) is 2. The molecular formula is C23H32N2O2. The van der Waals surface area contributed by atoms with Crippen LogP contribution < -0.4 is 10.1 Å². The molecule has 27 heavy (non-hydrogen) atoms. The maximum absolute atomic E-state index is 12.8. The average Bonchev–Trinajstić information content (AvgIpc) is 3.15. The highest BCUT2D eigenvalue weighted by atomic mass is 16.5. The van der Waals surface area contributed by atoms with Crippen molar-refractivity contribution in [3.05, 3.63) is 41.6 Å². The molecule has 0 radical (unpaired) electrons. The molecule has 4 heteroatoms. The van der Waals surface area contributed by atoms with Crippen molar-refractivity contribution in [2.45, 2.75) is 58.9 Å². The number of allylic oxidation sites excluding steroid dienone is 2. The number of carbonyl (C=O) groups is 1. The highest BCUT2D eigenvalue weighted by Gasteiger charge is 2.33. The van der Waals surface area contributed by atoms with E-state index in [1.165, 1.54) is 6.42 Å². The van der Waals surface area contributed by atoms with Gasteiger partial charge in [-0.3, -0.25) is 4.79 Å². The van der Waals surface area contributed by atoms with Gasteiger partial charge in [0.25, 0.3) is 0 Å². The highest BCUT2D eigenvalue weighted by molar-refractivity contribution is 5.91. The Hall–Kier alpha value is -2.23. The largest absolute Gasteiger partial charge is 0.497 e. The molecule has 1 saturated carbocycles. The second-order valence-corrected chi connectivity index (χ2v) is 7.82. The summed E-state index contributed by atoms with van der Waals surface area (Å²) in [5, 5.41) is 4.40. The van der Waals surface area contributed by atoms with Crippen molar-refractivity contribution >= 4 is 16.8 Å². The molecule has 3 atom stereocenters. The lowest BCUT2D eigenvalue weighted by Gasteiger charge is -2.23. The van der Waals surface area contributed by atoms with E-state index in [0.717, 1.165) is 47.2 Å². The lowest BCUT2D eigenvalue weighted by atomic mass is 9.91. The van der Waals surface area contributed by atoms with Crippen LogP contribution in [-0.2, 0) is 11.2 Å². The van der Waals surface area contributed by atoms with Gasteiger partial charge in [0.15, 0.2) is 0 Å². The predicted molar refractivity (Wildman–Crippen MR) is 111 cm³/mol. The van der Waals surface area contributed by atoms with Gasteiger partial charge in [0.2, 0.25) is 5.91 Å². The first-order valence-electron chi connectivity index (χ1n) is 10.1. The fourth-order valence-corrected chi connectivity index (χ4v) is 4.40. The van der Waals surface area contributed by atoms with Crippen molar-refractivity contribution in [2.24, 2.45) is 11.8 Å². The summed E-state index contributed by atoms with van der Waals surface area (Å²) < 4.78 is 5.35. The first-order chi connectivity index (χ1) is 13.0. The molecule has 4 nitrogen and oxygen atoms in total. The van der Waals surface area contributed by atoms with E-state index in [9.17, 15) is 4.79 Å². The zero-order valence-electron chi connectivity index (χ0n) is 17.0. The molecule has 1 aliphatic rings. The molecule has 2 N–H and O–H groups in total. The smallest absolute Gasteiger partial charge is 0.224 e. The van der Waals surface area contributed by atoms with Gasteiger partial charge in [0, 0.05) is 22.6 Å². The first kappa shape index (κ1) is 19.5. The second kappa shape index (κ2) is 8.64. The van der Waals surface area contributed by atoms with Gasteiger partial charge >= 0.3 is 0 Å². The molecule has 1 heterocycles. The van der Waals surface area contributed by atoms with Crippen molar-refractivity contribution in [3.63, 3.8) is 0 Å². The standard InChI is InChI=1S/C23H32N2O2/c1-5-6-7-8-18-15(2)9-11-21(18)25-23(26)14-19-16(3)24-22-12-10-17(27-4)13-20(19)22/h6-7,10,12-13,15,18,21,24H,5,8-9,11,14H2,1-4H3,(H,25,26)/b7-6-. The Bertz CT molecular complexity index is 821. The molecule has 1 amide bonds. The van der Waals surface area contributed by atoms with Crippen LogP contribution in [0.2, 0.25) is 0 Å². The second-order valence-electron chi connectivity index (χ2n) is 7.82. The van der Waals surface area contributed by atoms with Gasteiger partial charge in [-0.15, -0.1) is 0 Å². The van der Waals surface area contributed by atoms with E-state index in [4.69, 9.17) is 4.74 Å². The molecule has 2 aromatic rings. The highest BCUT2D eigenvalue weighted by Crippen LogP contribution is 2.35. The van der Waals surface area contributed by atoms with Crippen molar-refractivity contribution in [3.8, 4) is 5.75 Å². The van der Waals surface area contributed by atoms with E-state index in [2.05, 4.69) is 36.3 Å². The molecule has 1 aromatic heterocycles. The minimum absolute atomic E-state index is 0.116. The number of hydrogen-bond donors (Lipinski definition) is 2. The van der Waals surface area contributed by atoms with E-state index in [1.54, 1.807) is 7.11 Å². The molecule has 1 aromatic carbocycles. The van der Waals surface area contributed by atoms with Crippen molar-refractivity contribution in [1.82, 2.24) is 10.3 Å². The van der Waals surface area contributed by atoms with E-state index in [-0.39, 0.29) is 11.9 Å². The maximum atomic E-state index is 12.8. The normalized spacial score (nSPS) is 22.6. The number of benzene rings is 1. The van der Waals surface area contributed by atoms with Crippen LogP contribution in [0.3, 0.4) is 0 Å². The Morgan fingerprint density at radius 1 is 1.33 bits per heavy atom. The molecule has 0 saturated heterocycles. The number of rotatable bonds is 7.